The number of halogens is 1. The third-order valence-corrected chi connectivity index (χ3v) is 3.14. The van der Waals surface area contributed by atoms with E-state index in [1.807, 2.05) is 0 Å². The first-order chi connectivity index (χ1) is 9.67. The van der Waals surface area contributed by atoms with Gasteiger partial charge >= 0.3 is 5.97 Å². The van der Waals surface area contributed by atoms with Crippen molar-refractivity contribution in [1.82, 2.24) is 4.98 Å². The van der Waals surface area contributed by atoms with Gasteiger partial charge in [0.25, 0.3) is 0 Å². The average molecular weight is 288 g/mol. The fraction of sp³-hybridized carbons (Fsp3) is 0.0667. The molecule has 2 aromatic carbocycles. The van der Waals surface area contributed by atoms with Gasteiger partial charge in [0.2, 0.25) is 5.89 Å². The summed E-state index contributed by atoms with van der Waals surface area (Å²) in [5.41, 5.74) is 2.63. The Morgan fingerprint density at radius 1 is 1.20 bits per heavy atom. The van der Waals surface area contributed by atoms with Crippen LogP contribution < -0.4 is 0 Å². The largest absolute Gasteiger partial charge is 0.465 e. The van der Waals surface area contributed by atoms with Gasteiger partial charge in [-0.15, -0.1) is 0 Å². The molecule has 1 aromatic heterocycles. The molecular formula is C15H10ClNO3. The van der Waals surface area contributed by atoms with Crippen LogP contribution in [0.1, 0.15) is 10.4 Å². The highest BCUT2D eigenvalue weighted by Gasteiger charge is 2.10. The molecule has 4 nitrogen and oxygen atoms in total. The van der Waals surface area contributed by atoms with Crippen molar-refractivity contribution in [2.45, 2.75) is 0 Å². The minimum atomic E-state index is -0.374. The molecule has 100 valence electrons. The molecule has 0 aliphatic rings. The van der Waals surface area contributed by atoms with Gasteiger partial charge in [-0.2, -0.15) is 0 Å². The van der Waals surface area contributed by atoms with Gasteiger partial charge in [-0.25, -0.2) is 9.78 Å². The maximum atomic E-state index is 11.4. The zero-order valence-corrected chi connectivity index (χ0v) is 11.3. The van der Waals surface area contributed by atoms with Crippen molar-refractivity contribution in [3.05, 3.63) is 53.1 Å². The van der Waals surface area contributed by atoms with E-state index in [2.05, 4.69) is 9.72 Å². The number of aromatic nitrogens is 1. The molecule has 20 heavy (non-hydrogen) atoms. The molecule has 0 amide bonds. The fourth-order valence-electron chi connectivity index (χ4n) is 1.89. The third-order valence-electron chi connectivity index (χ3n) is 2.90. The summed E-state index contributed by atoms with van der Waals surface area (Å²) in [6.07, 6.45) is 0. The van der Waals surface area contributed by atoms with Gasteiger partial charge in [0.15, 0.2) is 5.58 Å². The van der Waals surface area contributed by atoms with Crippen molar-refractivity contribution in [2.24, 2.45) is 0 Å². The molecule has 3 aromatic rings. The van der Waals surface area contributed by atoms with E-state index >= 15 is 0 Å². The lowest BCUT2D eigenvalue weighted by atomic mass is 10.1. The maximum Gasteiger partial charge on any atom is 0.337 e. The fourth-order valence-corrected chi connectivity index (χ4v) is 2.06. The monoisotopic (exact) mass is 287 g/mol. The second kappa shape index (κ2) is 4.98. The quantitative estimate of drug-likeness (QED) is 0.670. The molecule has 0 fully saturated rings. The second-order valence-corrected chi connectivity index (χ2v) is 4.64. The molecule has 0 atom stereocenters. The van der Waals surface area contributed by atoms with Crippen molar-refractivity contribution in [3.8, 4) is 11.5 Å². The molecule has 0 bridgehead atoms. The summed E-state index contributed by atoms with van der Waals surface area (Å²) in [6.45, 7) is 0. The van der Waals surface area contributed by atoms with Crippen LogP contribution >= 0.6 is 11.6 Å². The Balaban J connectivity index is 2.00. The highest BCUT2D eigenvalue weighted by atomic mass is 35.5. The number of nitrogens with zero attached hydrogens (tertiary/aromatic N) is 1. The molecule has 0 spiro atoms. The standard InChI is InChI=1S/C15H10ClNO3/c1-19-15(18)10-4-2-9(3-5-10)14-17-12-8-11(16)6-7-13(12)20-14/h2-8H,1H3. The molecule has 0 unspecified atom stereocenters. The Labute approximate surface area is 119 Å². The molecule has 0 saturated heterocycles. The Morgan fingerprint density at radius 2 is 1.95 bits per heavy atom. The first-order valence-electron chi connectivity index (χ1n) is 5.92. The van der Waals surface area contributed by atoms with Crippen LogP contribution in [0.3, 0.4) is 0 Å². The number of carbonyl (C=O) groups excluding carboxylic acids is 1. The van der Waals surface area contributed by atoms with Gasteiger partial charge in [0, 0.05) is 10.6 Å². The number of ether oxygens (including phenoxy) is 1. The van der Waals surface area contributed by atoms with Crippen molar-refractivity contribution < 1.29 is 13.9 Å². The summed E-state index contributed by atoms with van der Waals surface area (Å²) < 4.78 is 10.3. The van der Waals surface area contributed by atoms with E-state index in [0.29, 0.717) is 27.6 Å². The van der Waals surface area contributed by atoms with Crippen LogP contribution in [0.15, 0.2) is 46.9 Å². The van der Waals surface area contributed by atoms with Crippen LogP contribution in [0.4, 0.5) is 0 Å². The van der Waals surface area contributed by atoms with Gasteiger partial charge in [-0.1, -0.05) is 11.6 Å². The lowest BCUT2D eigenvalue weighted by Crippen LogP contribution is -2.00. The van der Waals surface area contributed by atoms with E-state index in [0.717, 1.165) is 5.56 Å². The van der Waals surface area contributed by atoms with Gasteiger partial charge < -0.3 is 9.15 Å². The Morgan fingerprint density at radius 3 is 2.65 bits per heavy atom. The van der Waals surface area contributed by atoms with Gasteiger partial charge in [-0.3, -0.25) is 0 Å². The van der Waals surface area contributed by atoms with E-state index in [-0.39, 0.29) is 5.97 Å². The van der Waals surface area contributed by atoms with Gasteiger partial charge in [0.05, 0.1) is 12.7 Å². The number of esters is 1. The van der Waals surface area contributed by atoms with Crippen LogP contribution in [-0.2, 0) is 4.74 Å². The molecule has 1 heterocycles. The Hall–Kier alpha value is -2.33. The van der Waals surface area contributed by atoms with Crippen molar-refractivity contribution in [1.29, 1.82) is 0 Å². The van der Waals surface area contributed by atoms with E-state index < -0.39 is 0 Å². The molecule has 3 rings (SSSR count). The van der Waals surface area contributed by atoms with Crippen LogP contribution in [0, 0.1) is 0 Å². The zero-order valence-electron chi connectivity index (χ0n) is 10.6. The highest BCUT2D eigenvalue weighted by molar-refractivity contribution is 6.31. The molecule has 0 radical (unpaired) electrons. The number of hydrogen-bond donors (Lipinski definition) is 0. The number of benzene rings is 2. The lowest BCUT2D eigenvalue weighted by molar-refractivity contribution is 0.0601. The first-order valence-corrected chi connectivity index (χ1v) is 6.30. The SMILES string of the molecule is COC(=O)c1ccc(-c2nc3cc(Cl)ccc3o2)cc1. The van der Waals surface area contributed by atoms with Gasteiger partial charge in [-0.05, 0) is 42.5 Å². The molecule has 0 N–H and O–H groups in total. The Kier molecular flexibility index (Phi) is 3.16. The topological polar surface area (TPSA) is 52.3 Å². The predicted octanol–water partition coefficient (Wildman–Crippen LogP) is 3.93. The number of methoxy groups -OCH3 is 1. The normalized spacial score (nSPS) is 10.7. The van der Waals surface area contributed by atoms with E-state index in [1.165, 1.54) is 7.11 Å². The van der Waals surface area contributed by atoms with E-state index in [9.17, 15) is 4.79 Å². The van der Waals surface area contributed by atoms with Gasteiger partial charge in [0.1, 0.15) is 5.52 Å². The van der Waals surface area contributed by atoms with Crippen LogP contribution in [0.5, 0.6) is 0 Å². The van der Waals surface area contributed by atoms with Crippen LogP contribution in [0.2, 0.25) is 5.02 Å². The molecule has 0 saturated carbocycles. The predicted molar refractivity (Wildman–Crippen MR) is 75.8 cm³/mol. The first kappa shape index (κ1) is 12.7. The molecular weight excluding hydrogens is 278 g/mol. The number of rotatable bonds is 2. The van der Waals surface area contributed by atoms with Crippen molar-refractivity contribution in [2.75, 3.05) is 7.11 Å². The minimum Gasteiger partial charge on any atom is -0.465 e. The Bertz CT molecular complexity index is 777. The summed E-state index contributed by atoms with van der Waals surface area (Å²) in [5, 5.41) is 0.610. The molecule has 0 aliphatic carbocycles. The smallest absolute Gasteiger partial charge is 0.337 e. The van der Waals surface area contributed by atoms with E-state index in [1.54, 1.807) is 42.5 Å². The van der Waals surface area contributed by atoms with Crippen molar-refractivity contribution in [3.63, 3.8) is 0 Å². The summed E-state index contributed by atoms with van der Waals surface area (Å²) in [6, 6.07) is 12.1. The number of oxazole rings is 1. The number of carbonyl (C=O) groups is 1. The third kappa shape index (κ3) is 2.26. The zero-order chi connectivity index (χ0) is 14.1. The van der Waals surface area contributed by atoms with E-state index in [4.69, 9.17) is 16.0 Å². The molecule has 0 aliphatic heterocycles. The summed E-state index contributed by atoms with van der Waals surface area (Å²) in [4.78, 5) is 15.7. The second-order valence-electron chi connectivity index (χ2n) is 4.20. The lowest BCUT2D eigenvalue weighted by Gasteiger charge is -1.99. The summed E-state index contributed by atoms with van der Waals surface area (Å²) in [5.74, 6) is 0.111. The van der Waals surface area contributed by atoms with Crippen LogP contribution in [-0.4, -0.2) is 18.1 Å². The number of fused-ring (bicyclic) bond motifs is 1. The number of hydrogen-bond acceptors (Lipinski definition) is 4. The average Bonchev–Trinajstić information content (AvgIpc) is 2.89. The van der Waals surface area contributed by atoms with Crippen molar-refractivity contribution >= 4 is 28.7 Å². The minimum absolute atomic E-state index is 0.374. The molecule has 5 heteroatoms. The van der Waals surface area contributed by atoms with Crippen LogP contribution in [0.25, 0.3) is 22.6 Å². The highest BCUT2D eigenvalue weighted by Crippen LogP contribution is 2.26. The maximum absolute atomic E-state index is 11.4. The summed E-state index contributed by atoms with van der Waals surface area (Å²) in [7, 11) is 1.35. The summed E-state index contributed by atoms with van der Waals surface area (Å²) >= 11 is 5.91.